The van der Waals surface area contributed by atoms with Gasteiger partial charge >= 0.3 is 0 Å². The van der Waals surface area contributed by atoms with Gasteiger partial charge in [-0.2, -0.15) is 0 Å². The number of halogens is 1. The van der Waals surface area contributed by atoms with E-state index in [0.717, 1.165) is 49.7 Å². The summed E-state index contributed by atoms with van der Waals surface area (Å²) in [7, 11) is 3.44. The molecule has 0 aliphatic carbocycles. The molecule has 0 aromatic heterocycles. The zero-order valence-corrected chi connectivity index (χ0v) is 14.4. The minimum atomic E-state index is 0.181. The van der Waals surface area contributed by atoms with Gasteiger partial charge in [-0.3, -0.25) is 0 Å². The molecule has 1 atom stereocenters. The summed E-state index contributed by atoms with van der Waals surface area (Å²) in [6.45, 7) is 7.12. The Morgan fingerprint density at radius 2 is 2.05 bits per heavy atom. The Hall–Kier alpha value is -0.770. The fourth-order valence-corrected chi connectivity index (χ4v) is 2.95. The van der Waals surface area contributed by atoms with Crippen LogP contribution in [0.3, 0.4) is 0 Å². The number of rotatable bonds is 10. The van der Waals surface area contributed by atoms with Crippen molar-refractivity contribution in [1.29, 1.82) is 0 Å². The molecular weight excluding hydrogens is 286 g/mol. The van der Waals surface area contributed by atoms with Crippen LogP contribution in [0.4, 0.5) is 0 Å². The zero-order chi connectivity index (χ0) is 15.7. The first-order valence-electron chi connectivity index (χ1n) is 7.56. The van der Waals surface area contributed by atoms with E-state index in [1.165, 1.54) is 5.56 Å². The summed E-state index contributed by atoms with van der Waals surface area (Å²) in [6, 6.07) is 5.84. The van der Waals surface area contributed by atoms with Crippen molar-refractivity contribution in [1.82, 2.24) is 5.32 Å². The van der Waals surface area contributed by atoms with Crippen LogP contribution in [0.2, 0.25) is 5.02 Å². The number of methoxy groups -OCH3 is 2. The standard InChI is InChI=1S/C17H28ClNO2/c1-5-8-17(2,13-19-9-10-20-3)12-14-11-15(18)6-7-16(14)21-4/h6-7,11,19H,5,8-10,12-13H2,1-4H3. The summed E-state index contributed by atoms with van der Waals surface area (Å²) >= 11 is 6.14. The molecule has 1 aromatic carbocycles. The molecule has 0 fully saturated rings. The highest BCUT2D eigenvalue weighted by molar-refractivity contribution is 6.30. The summed E-state index contributed by atoms with van der Waals surface area (Å²) in [5.41, 5.74) is 1.36. The van der Waals surface area contributed by atoms with Gasteiger partial charge in [0.1, 0.15) is 5.75 Å². The lowest BCUT2D eigenvalue weighted by Crippen LogP contribution is -2.35. The van der Waals surface area contributed by atoms with Crippen molar-refractivity contribution in [3.63, 3.8) is 0 Å². The molecule has 4 heteroatoms. The van der Waals surface area contributed by atoms with E-state index in [9.17, 15) is 0 Å². The van der Waals surface area contributed by atoms with Gasteiger partial charge in [0, 0.05) is 25.2 Å². The van der Waals surface area contributed by atoms with Crippen LogP contribution in [-0.4, -0.2) is 33.9 Å². The van der Waals surface area contributed by atoms with Gasteiger partial charge in [0.05, 0.1) is 13.7 Å². The summed E-state index contributed by atoms with van der Waals surface area (Å²) in [5.74, 6) is 0.915. The van der Waals surface area contributed by atoms with Gasteiger partial charge in [0.15, 0.2) is 0 Å². The van der Waals surface area contributed by atoms with E-state index in [1.807, 2.05) is 18.2 Å². The van der Waals surface area contributed by atoms with Crippen molar-refractivity contribution in [2.75, 3.05) is 33.9 Å². The molecule has 0 saturated carbocycles. The molecular formula is C17H28ClNO2. The Morgan fingerprint density at radius 3 is 2.67 bits per heavy atom. The fraction of sp³-hybridized carbons (Fsp3) is 0.647. The molecule has 0 aliphatic rings. The van der Waals surface area contributed by atoms with Gasteiger partial charge < -0.3 is 14.8 Å². The Kier molecular flexibility index (Phi) is 8.09. The van der Waals surface area contributed by atoms with Crippen LogP contribution < -0.4 is 10.1 Å². The normalized spacial score (nSPS) is 14.0. The lowest BCUT2D eigenvalue weighted by Gasteiger charge is -2.30. The maximum absolute atomic E-state index is 6.14. The van der Waals surface area contributed by atoms with Crippen molar-refractivity contribution in [3.05, 3.63) is 28.8 Å². The van der Waals surface area contributed by atoms with Crippen molar-refractivity contribution in [3.8, 4) is 5.75 Å². The lowest BCUT2D eigenvalue weighted by atomic mass is 9.79. The minimum Gasteiger partial charge on any atom is -0.496 e. The zero-order valence-electron chi connectivity index (χ0n) is 13.7. The first-order valence-corrected chi connectivity index (χ1v) is 7.94. The van der Waals surface area contributed by atoms with E-state index >= 15 is 0 Å². The highest BCUT2D eigenvalue weighted by Crippen LogP contribution is 2.33. The van der Waals surface area contributed by atoms with E-state index in [2.05, 4.69) is 19.2 Å². The van der Waals surface area contributed by atoms with E-state index in [1.54, 1.807) is 14.2 Å². The average Bonchev–Trinajstić information content (AvgIpc) is 2.44. The molecule has 0 amide bonds. The van der Waals surface area contributed by atoms with E-state index in [0.29, 0.717) is 0 Å². The summed E-state index contributed by atoms with van der Waals surface area (Å²) in [5, 5.41) is 4.25. The third-order valence-electron chi connectivity index (χ3n) is 3.75. The van der Waals surface area contributed by atoms with Gasteiger partial charge in [-0.15, -0.1) is 0 Å². The summed E-state index contributed by atoms with van der Waals surface area (Å²) < 4.78 is 10.6. The minimum absolute atomic E-state index is 0.181. The number of hydrogen-bond acceptors (Lipinski definition) is 3. The van der Waals surface area contributed by atoms with E-state index < -0.39 is 0 Å². The topological polar surface area (TPSA) is 30.5 Å². The molecule has 0 spiro atoms. The Bertz CT molecular complexity index is 425. The highest BCUT2D eigenvalue weighted by atomic mass is 35.5. The molecule has 1 unspecified atom stereocenters. The van der Waals surface area contributed by atoms with Crippen LogP contribution in [0, 0.1) is 5.41 Å². The van der Waals surface area contributed by atoms with Crippen LogP contribution in [0.1, 0.15) is 32.3 Å². The van der Waals surface area contributed by atoms with Crippen LogP contribution >= 0.6 is 11.6 Å². The molecule has 1 rings (SSSR count). The van der Waals surface area contributed by atoms with Gasteiger partial charge in [-0.25, -0.2) is 0 Å². The summed E-state index contributed by atoms with van der Waals surface area (Å²) in [4.78, 5) is 0. The quantitative estimate of drug-likeness (QED) is 0.664. The van der Waals surface area contributed by atoms with Gasteiger partial charge in [0.2, 0.25) is 0 Å². The number of nitrogens with one attached hydrogen (secondary N) is 1. The van der Waals surface area contributed by atoms with Crippen molar-refractivity contribution < 1.29 is 9.47 Å². The number of hydrogen-bond donors (Lipinski definition) is 1. The van der Waals surface area contributed by atoms with Crippen LogP contribution in [0.15, 0.2) is 18.2 Å². The molecule has 3 nitrogen and oxygen atoms in total. The smallest absolute Gasteiger partial charge is 0.122 e. The number of ether oxygens (including phenoxy) is 2. The third-order valence-corrected chi connectivity index (χ3v) is 3.98. The highest BCUT2D eigenvalue weighted by Gasteiger charge is 2.25. The maximum atomic E-state index is 6.14. The molecule has 0 bridgehead atoms. The largest absolute Gasteiger partial charge is 0.496 e. The third kappa shape index (κ3) is 6.25. The second-order valence-corrected chi connectivity index (χ2v) is 6.30. The van der Waals surface area contributed by atoms with Gasteiger partial charge in [-0.1, -0.05) is 31.9 Å². The molecule has 0 aliphatic heterocycles. The summed E-state index contributed by atoms with van der Waals surface area (Å²) in [6.07, 6.45) is 3.26. The molecule has 1 aromatic rings. The molecule has 120 valence electrons. The first-order chi connectivity index (χ1) is 10.0. The SMILES string of the molecule is CCCC(C)(CNCCOC)Cc1cc(Cl)ccc1OC. The molecule has 0 saturated heterocycles. The van der Waals surface area contributed by atoms with Gasteiger partial charge in [0.25, 0.3) is 0 Å². The predicted molar refractivity (Wildman–Crippen MR) is 89.5 cm³/mol. The molecule has 1 N–H and O–H groups in total. The van der Waals surface area contributed by atoms with E-state index in [4.69, 9.17) is 21.1 Å². The van der Waals surface area contributed by atoms with Crippen molar-refractivity contribution in [2.45, 2.75) is 33.1 Å². The average molecular weight is 314 g/mol. The molecule has 0 radical (unpaired) electrons. The maximum Gasteiger partial charge on any atom is 0.122 e. The van der Waals surface area contributed by atoms with E-state index in [-0.39, 0.29) is 5.41 Å². The lowest BCUT2D eigenvalue weighted by molar-refractivity contribution is 0.189. The van der Waals surface area contributed by atoms with Gasteiger partial charge in [-0.05, 0) is 42.0 Å². The van der Waals surface area contributed by atoms with Crippen LogP contribution in [0.25, 0.3) is 0 Å². The molecule has 21 heavy (non-hydrogen) atoms. The number of benzene rings is 1. The molecule has 0 heterocycles. The van der Waals surface area contributed by atoms with Crippen LogP contribution in [-0.2, 0) is 11.2 Å². The fourth-order valence-electron chi connectivity index (χ4n) is 2.75. The predicted octanol–water partition coefficient (Wildman–Crippen LogP) is 3.93. The van der Waals surface area contributed by atoms with Crippen LogP contribution in [0.5, 0.6) is 5.75 Å². The second kappa shape index (κ2) is 9.29. The second-order valence-electron chi connectivity index (χ2n) is 5.86. The monoisotopic (exact) mass is 313 g/mol. The Balaban J connectivity index is 2.78. The Labute approximate surface area is 134 Å². The Morgan fingerprint density at radius 1 is 1.29 bits per heavy atom. The van der Waals surface area contributed by atoms with Crippen molar-refractivity contribution >= 4 is 11.6 Å². The first kappa shape index (κ1) is 18.3. The van der Waals surface area contributed by atoms with Crippen molar-refractivity contribution in [2.24, 2.45) is 5.41 Å².